The Kier molecular flexibility index (Phi) is 6.88. The number of carbonyl (C=O) groups excluding carboxylic acids is 1. The third-order valence-corrected chi connectivity index (χ3v) is 6.38. The summed E-state index contributed by atoms with van der Waals surface area (Å²) in [5.41, 5.74) is 2.55. The van der Waals surface area contributed by atoms with Crippen LogP contribution < -0.4 is 14.4 Å². The van der Waals surface area contributed by atoms with Crippen LogP contribution in [0.25, 0.3) is 10.9 Å². The first-order valence-electron chi connectivity index (χ1n) is 11.9. The van der Waals surface area contributed by atoms with Crippen molar-refractivity contribution in [2.75, 3.05) is 45.3 Å². The lowest BCUT2D eigenvalue weighted by atomic mass is 10.1. The van der Waals surface area contributed by atoms with Crippen LogP contribution in [0.3, 0.4) is 0 Å². The van der Waals surface area contributed by atoms with Crippen molar-refractivity contribution < 1.29 is 14.3 Å². The summed E-state index contributed by atoms with van der Waals surface area (Å²) in [7, 11) is 3.24. The van der Waals surface area contributed by atoms with Crippen LogP contribution in [0.2, 0.25) is 0 Å². The molecular formula is C27H28N6O3. The fourth-order valence-electron chi connectivity index (χ4n) is 4.45. The maximum absolute atomic E-state index is 12.9. The number of fused-ring (bicyclic) bond motifs is 1. The molecule has 3 heterocycles. The zero-order valence-corrected chi connectivity index (χ0v) is 20.4. The molecule has 36 heavy (non-hydrogen) atoms. The number of amides is 1. The van der Waals surface area contributed by atoms with Gasteiger partial charge in [0.05, 0.1) is 25.3 Å². The molecular weight excluding hydrogens is 456 g/mol. The number of hydrogen-bond donors (Lipinski definition) is 0. The van der Waals surface area contributed by atoms with E-state index in [1.807, 2.05) is 35.2 Å². The maximum Gasteiger partial charge on any atom is 0.257 e. The highest BCUT2D eigenvalue weighted by atomic mass is 16.5. The Balaban J connectivity index is 1.43. The third-order valence-electron chi connectivity index (χ3n) is 6.38. The van der Waals surface area contributed by atoms with Crippen molar-refractivity contribution in [2.24, 2.45) is 0 Å². The van der Waals surface area contributed by atoms with Gasteiger partial charge in [-0.25, -0.2) is 19.9 Å². The van der Waals surface area contributed by atoms with Crippen LogP contribution in [-0.4, -0.2) is 71.1 Å². The number of nitrogens with zero attached hydrogens (tertiary/aromatic N) is 6. The molecule has 9 nitrogen and oxygen atoms in total. The number of aromatic nitrogens is 4. The van der Waals surface area contributed by atoms with Gasteiger partial charge in [0.2, 0.25) is 0 Å². The molecule has 4 aromatic rings. The van der Waals surface area contributed by atoms with Gasteiger partial charge in [0.15, 0.2) is 11.5 Å². The van der Waals surface area contributed by atoms with E-state index in [1.165, 1.54) is 11.9 Å². The lowest BCUT2D eigenvalue weighted by Crippen LogP contribution is -2.49. The highest BCUT2D eigenvalue weighted by molar-refractivity contribution is 5.94. The average Bonchev–Trinajstić information content (AvgIpc) is 2.95. The summed E-state index contributed by atoms with van der Waals surface area (Å²) in [5.74, 6) is 2.82. The van der Waals surface area contributed by atoms with E-state index in [9.17, 15) is 4.79 Å². The summed E-state index contributed by atoms with van der Waals surface area (Å²) in [4.78, 5) is 34.7. The quantitative estimate of drug-likeness (QED) is 0.395. The molecule has 2 aromatic carbocycles. The van der Waals surface area contributed by atoms with Crippen LogP contribution in [0.5, 0.6) is 11.5 Å². The fourth-order valence-corrected chi connectivity index (χ4v) is 4.45. The van der Waals surface area contributed by atoms with E-state index in [0.29, 0.717) is 49.7 Å². The summed E-state index contributed by atoms with van der Waals surface area (Å²) >= 11 is 0. The second-order valence-corrected chi connectivity index (χ2v) is 8.58. The Hall–Kier alpha value is -4.27. The molecule has 9 heteroatoms. The Morgan fingerprint density at radius 1 is 0.889 bits per heavy atom. The fraction of sp³-hybridized carbons (Fsp3) is 0.296. The lowest BCUT2D eigenvalue weighted by Gasteiger charge is -2.36. The van der Waals surface area contributed by atoms with Crippen LogP contribution in [0.15, 0.2) is 61.2 Å². The predicted molar refractivity (Wildman–Crippen MR) is 137 cm³/mol. The largest absolute Gasteiger partial charge is 0.493 e. The summed E-state index contributed by atoms with van der Waals surface area (Å²) in [6, 6.07) is 14.2. The number of carbonyl (C=O) groups is 1. The number of hydrogen-bond acceptors (Lipinski definition) is 8. The molecule has 0 N–H and O–H groups in total. The molecule has 1 aliphatic rings. The van der Waals surface area contributed by atoms with Crippen LogP contribution >= 0.6 is 0 Å². The zero-order valence-electron chi connectivity index (χ0n) is 20.4. The predicted octanol–water partition coefficient (Wildman–Crippen LogP) is 3.18. The van der Waals surface area contributed by atoms with E-state index in [4.69, 9.17) is 19.4 Å². The van der Waals surface area contributed by atoms with Crippen molar-refractivity contribution in [3.63, 3.8) is 0 Å². The second-order valence-electron chi connectivity index (χ2n) is 8.58. The van der Waals surface area contributed by atoms with Crippen molar-refractivity contribution in [1.82, 2.24) is 24.8 Å². The minimum Gasteiger partial charge on any atom is -0.493 e. The monoisotopic (exact) mass is 484 g/mol. The number of piperazine rings is 1. The highest BCUT2D eigenvalue weighted by Gasteiger charge is 2.25. The molecule has 0 atom stereocenters. The molecule has 1 fully saturated rings. The van der Waals surface area contributed by atoms with Gasteiger partial charge in [0.25, 0.3) is 5.91 Å². The highest BCUT2D eigenvalue weighted by Crippen LogP contribution is 2.35. The number of benzene rings is 2. The number of rotatable bonds is 7. The molecule has 1 saturated heterocycles. The number of anilines is 1. The normalized spacial score (nSPS) is 13.6. The van der Waals surface area contributed by atoms with Gasteiger partial charge in [0.1, 0.15) is 18.0 Å². The number of ether oxygens (including phenoxy) is 2. The number of aryl methyl sites for hydroxylation is 2. The summed E-state index contributed by atoms with van der Waals surface area (Å²) < 4.78 is 11.1. The van der Waals surface area contributed by atoms with E-state index < -0.39 is 0 Å². The van der Waals surface area contributed by atoms with Crippen molar-refractivity contribution in [3.8, 4) is 11.5 Å². The zero-order chi connectivity index (χ0) is 24.9. The topological polar surface area (TPSA) is 93.6 Å². The van der Waals surface area contributed by atoms with Crippen molar-refractivity contribution in [1.29, 1.82) is 0 Å². The molecule has 0 unspecified atom stereocenters. The average molecular weight is 485 g/mol. The molecule has 1 amide bonds. The smallest absolute Gasteiger partial charge is 0.257 e. The minimum atomic E-state index is -0.0576. The summed E-state index contributed by atoms with van der Waals surface area (Å²) in [5, 5.41) is 0.896. The molecule has 1 aliphatic heterocycles. The van der Waals surface area contributed by atoms with Gasteiger partial charge in [-0.3, -0.25) is 4.79 Å². The van der Waals surface area contributed by atoms with Gasteiger partial charge in [-0.2, -0.15) is 0 Å². The molecule has 5 rings (SSSR count). The first kappa shape index (κ1) is 23.5. The van der Waals surface area contributed by atoms with Crippen LogP contribution in [0.4, 0.5) is 5.82 Å². The molecule has 184 valence electrons. The Bertz CT molecular complexity index is 1340. The third kappa shape index (κ3) is 4.91. The molecule has 0 bridgehead atoms. The summed E-state index contributed by atoms with van der Waals surface area (Å²) in [6.07, 6.45) is 6.10. The Morgan fingerprint density at radius 2 is 1.58 bits per heavy atom. The van der Waals surface area contributed by atoms with E-state index in [0.717, 1.165) is 29.0 Å². The first-order chi connectivity index (χ1) is 17.7. The summed E-state index contributed by atoms with van der Waals surface area (Å²) in [6.45, 7) is 2.45. The number of methoxy groups -OCH3 is 2. The standard InChI is InChI=1S/C27H28N6O3/c1-35-23-14-21-22(15-24(23)36-2)30-25(9-8-19-6-4-3-5-7-19)31-26(21)32-10-12-33(13-11-32)27(34)20-16-28-18-29-17-20/h3-7,14-18H,8-13H2,1-2H3. The first-order valence-corrected chi connectivity index (χ1v) is 11.9. The van der Waals surface area contributed by atoms with Crippen LogP contribution in [0.1, 0.15) is 21.7 Å². The van der Waals surface area contributed by atoms with E-state index >= 15 is 0 Å². The molecule has 0 radical (unpaired) electrons. The van der Waals surface area contributed by atoms with Gasteiger partial charge < -0.3 is 19.3 Å². The Labute approximate surface area is 209 Å². The van der Waals surface area contributed by atoms with Gasteiger partial charge in [0, 0.05) is 56.4 Å². The van der Waals surface area contributed by atoms with Gasteiger partial charge in [-0.15, -0.1) is 0 Å². The molecule has 0 saturated carbocycles. The SMILES string of the molecule is COc1cc2nc(CCc3ccccc3)nc(N3CCN(C(=O)c4cncnc4)CC3)c2cc1OC. The minimum absolute atomic E-state index is 0.0576. The van der Waals surface area contributed by atoms with E-state index in [1.54, 1.807) is 26.6 Å². The van der Waals surface area contributed by atoms with Crippen LogP contribution in [-0.2, 0) is 12.8 Å². The van der Waals surface area contributed by atoms with Gasteiger partial charge in [-0.05, 0) is 18.1 Å². The lowest BCUT2D eigenvalue weighted by molar-refractivity contribution is 0.0745. The van der Waals surface area contributed by atoms with Crippen LogP contribution in [0, 0.1) is 0 Å². The maximum atomic E-state index is 12.9. The van der Waals surface area contributed by atoms with Crippen molar-refractivity contribution >= 4 is 22.6 Å². The Morgan fingerprint density at radius 3 is 2.28 bits per heavy atom. The second kappa shape index (κ2) is 10.6. The molecule has 0 spiro atoms. The molecule has 2 aromatic heterocycles. The van der Waals surface area contributed by atoms with Crippen molar-refractivity contribution in [3.05, 3.63) is 78.1 Å². The van der Waals surface area contributed by atoms with Gasteiger partial charge in [-0.1, -0.05) is 30.3 Å². The van der Waals surface area contributed by atoms with E-state index in [-0.39, 0.29) is 5.91 Å². The van der Waals surface area contributed by atoms with E-state index in [2.05, 4.69) is 27.0 Å². The molecule has 0 aliphatic carbocycles. The van der Waals surface area contributed by atoms with Gasteiger partial charge >= 0.3 is 0 Å². The van der Waals surface area contributed by atoms with Crippen molar-refractivity contribution in [2.45, 2.75) is 12.8 Å².